The maximum Gasteiger partial charge on any atom is 0.283 e. The van der Waals surface area contributed by atoms with Gasteiger partial charge in [-0.15, -0.1) is 11.8 Å². The van der Waals surface area contributed by atoms with E-state index in [0.29, 0.717) is 18.7 Å². The number of carbonyl (C=O) groups excluding carboxylic acids is 3. The molecule has 2 aromatic rings. The monoisotopic (exact) mass is 444 g/mol. The summed E-state index contributed by atoms with van der Waals surface area (Å²) in [5, 5.41) is 14.1. The van der Waals surface area contributed by atoms with Crippen LogP contribution in [-0.4, -0.2) is 45.9 Å². The topological polar surface area (TPSA) is 136 Å². The second-order valence-electron chi connectivity index (χ2n) is 6.71. The van der Waals surface area contributed by atoms with Crippen LogP contribution in [0, 0.1) is 10.1 Å². The normalized spacial score (nSPS) is 11.4. The van der Waals surface area contributed by atoms with Crippen molar-refractivity contribution >= 4 is 40.9 Å². The molecule has 164 valence electrons. The lowest BCUT2D eigenvalue weighted by Gasteiger charge is -2.28. The van der Waals surface area contributed by atoms with Gasteiger partial charge < -0.3 is 16.0 Å². The zero-order valence-corrected chi connectivity index (χ0v) is 18.1. The Hall–Kier alpha value is -3.40. The summed E-state index contributed by atoms with van der Waals surface area (Å²) in [7, 11) is 0. The van der Waals surface area contributed by atoms with E-state index in [9.17, 15) is 24.5 Å². The summed E-state index contributed by atoms with van der Waals surface area (Å²) in [6.45, 7) is 3.90. The molecule has 0 heterocycles. The number of nitrogens with zero attached hydrogens (tertiary/aromatic N) is 2. The molecular formula is C21H24N4O5S. The molecule has 0 aliphatic rings. The van der Waals surface area contributed by atoms with Crippen molar-refractivity contribution in [2.45, 2.75) is 31.2 Å². The Morgan fingerprint density at radius 3 is 2.45 bits per heavy atom. The lowest BCUT2D eigenvalue weighted by Crippen LogP contribution is -2.46. The maximum atomic E-state index is 12.8. The summed E-state index contributed by atoms with van der Waals surface area (Å²) in [5.74, 6) is -1.52. The van der Waals surface area contributed by atoms with Crippen LogP contribution >= 0.6 is 11.8 Å². The van der Waals surface area contributed by atoms with Crippen molar-refractivity contribution in [2.75, 3.05) is 17.6 Å². The van der Waals surface area contributed by atoms with Crippen LogP contribution < -0.4 is 11.1 Å². The number of nitro groups is 1. The highest BCUT2D eigenvalue weighted by molar-refractivity contribution is 8.00. The number of nitrogens with two attached hydrogens (primary N) is 1. The van der Waals surface area contributed by atoms with Crippen molar-refractivity contribution in [3.8, 4) is 0 Å². The number of anilines is 1. The number of amides is 3. The second kappa shape index (κ2) is 11.1. The van der Waals surface area contributed by atoms with Gasteiger partial charge in [0.1, 0.15) is 6.04 Å². The van der Waals surface area contributed by atoms with Gasteiger partial charge in [0, 0.05) is 23.9 Å². The molecule has 0 spiro atoms. The van der Waals surface area contributed by atoms with E-state index in [-0.39, 0.29) is 33.7 Å². The molecule has 3 N–H and O–H groups in total. The lowest BCUT2D eigenvalue weighted by molar-refractivity contribution is -0.387. The van der Waals surface area contributed by atoms with Crippen LogP contribution in [0.2, 0.25) is 0 Å². The number of nitro benzene ring substituents is 1. The molecule has 2 rings (SSSR count). The van der Waals surface area contributed by atoms with E-state index in [0.717, 1.165) is 17.8 Å². The third-order valence-electron chi connectivity index (χ3n) is 4.46. The lowest BCUT2D eigenvalue weighted by atomic mass is 10.2. The maximum absolute atomic E-state index is 12.8. The minimum absolute atomic E-state index is 0.0150. The van der Waals surface area contributed by atoms with Gasteiger partial charge in [0.15, 0.2) is 0 Å². The fourth-order valence-corrected chi connectivity index (χ4v) is 3.73. The van der Waals surface area contributed by atoms with Gasteiger partial charge in [-0.05, 0) is 37.6 Å². The highest BCUT2D eigenvalue weighted by atomic mass is 32.2. The Morgan fingerprint density at radius 1 is 1.19 bits per heavy atom. The van der Waals surface area contributed by atoms with Crippen LogP contribution in [0.5, 0.6) is 0 Å². The van der Waals surface area contributed by atoms with Gasteiger partial charge in [-0.2, -0.15) is 0 Å². The molecule has 0 fully saturated rings. The first-order valence-corrected chi connectivity index (χ1v) is 10.6. The van der Waals surface area contributed by atoms with Crippen molar-refractivity contribution in [2.24, 2.45) is 5.73 Å². The fraction of sp³-hybridized carbons (Fsp3) is 0.286. The van der Waals surface area contributed by atoms with Gasteiger partial charge in [0.25, 0.3) is 5.69 Å². The van der Waals surface area contributed by atoms with Crippen molar-refractivity contribution < 1.29 is 19.3 Å². The molecule has 3 amide bonds. The van der Waals surface area contributed by atoms with Crippen molar-refractivity contribution in [3.05, 3.63) is 64.2 Å². The molecule has 0 aliphatic heterocycles. The first kappa shape index (κ1) is 23.9. The summed E-state index contributed by atoms with van der Waals surface area (Å²) in [6, 6.07) is 12.1. The van der Waals surface area contributed by atoms with E-state index in [2.05, 4.69) is 5.32 Å². The number of primary amides is 1. The predicted octanol–water partition coefficient (Wildman–Crippen LogP) is 3.05. The van der Waals surface area contributed by atoms with E-state index < -0.39 is 16.9 Å². The molecule has 0 aromatic heterocycles. The standard InChI is InChI=1S/C21H24N4O5S/c1-3-11-24(14(2)21(28)23-16-7-5-4-6-8-16)19(26)13-31-18-10-9-15(20(22)27)12-17(18)25(29)30/h4-10,12,14H,3,11,13H2,1-2H3,(H2,22,27)(H,23,28). The predicted molar refractivity (Wildman–Crippen MR) is 119 cm³/mol. The van der Waals surface area contributed by atoms with Gasteiger partial charge in [-0.3, -0.25) is 24.5 Å². The van der Waals surface area contributed by atoms with E-state index in [1.165, 1.54) is 17.0 Å². The van der Waals surface area contributed by atoms with Crippen LogP contribution in [0.4, 0.5) is 11.4 Å². The largest absolute Gasteiger partial charge is 0.366 e. The van der Waals surface area contributed by atoms with Crippen molar-refractivity contribution in [3.63, 3.8) is 0 Å². The van der Waals surface area contributed by atoms with Crippen LogP contribution in [0.15, 0.2) is 53.4 Å². The van der Waals surface area contributed by atoms with E-state index in [1.54, 1.807) is 31.2 Å². The third-order valence-corrected chi connectivity index (χ3v) is 5.51. The van der Waals surface area contributed by atoms with Crippen LogP contribution in [0.1, 0.15) is 30.6 Å². The van der Waals surface area contributed by atoms with Gasteiger partial charge in [-0.25, -0.2) is 0 Å². The smallest absolute Gasteiger partial charge is 0.283 e. The number of hydrogen-bond donors (Lipinski definition) is 2. The molecule has 1 unspecified atom stereocenters. The molecular weight excluding hydrogens is 420 g/mol. The first-order valence-electron chi connectivity index (χ1n) is 9.61. The summed E-state index contributed by atoms with van der Waals surface area (Å²) >= 11 is 0.974. The summed E-state index contributed by atoms with van der Waals surface area (Å²) < 4.78 is 0. The third kappa shape index (κ3) is 6.54. The van der Waals surface area contributed by atoms with Crippen LogP contribution in [-0.2, 0) is 9.59 Å². The minimum atomic E-state index is -0.775. The van der Waals surface area contributed by atoms with Gasteiger partial charge in [-0.1, -0.05) is 25.1 Å². The quantitative estimate of drug-likeness (QED) is 0.328. The second-order valence-corrected chi connectivity index (χ2v) is 7.73. The van der Waals surface area contributed by atoms with Crippen molar-refractivity contribution in [1.29, 1.82) is 0 Å². The average Bonchev–Trinajstić information content (AvgIpc) is 2.75. The number of carbonyl (C=O) groups is 3. The zero-order chi connectivity index (χ0) is 23.0. The van der Waals surface area contributed by atoms with Crippen LogP contribution in [0.25, 0.3) is 0 Å². The Bertz CT molecular complexity index is 967. The van der Waals surface area contributed by atoms with Gasteiger partial charge in [0.2, 0.25) is 17.7 Å². The molecule has 2 aromatic carbocycles. The molecule has 0 radical (unpaired) electrons. The molecule has 0 saturated carbocycles. The molecule has 0 bridgehead atoms. The highest BCUT2D eigenvalue weighted by Gasteiger charge is 2.26. The summed E-state index contributed by atoms with van der Waals surface area (Å²) in [6.07, 6.45) is 0.646. The van der Waals surface area contributed by atoms with E-state index >= 15 is 0 Å². The number of benzene rings is 2. The number of thioether (sulfide) groups is 1. The van der Waals surface area contributed by atoms with Crippen LogP contribution in [0.3, 0.4) is 0 Å². The number of hydrogen-bond acceptors (Lipinski definition) is 6. The summed E-state index contributed by atoms with van der Waals surface area (Å²) in [5.41, 5.74) is 5.52. The minimum Gasteiger partial charge on any atom is -0.366 e. The van der Waals surface area contributed by atoms with E-state index in [4.69, 9.17) is 5.73 Å². The number of para-hydroxylation sites is 1. The summed E-state index contributed by atoms with van der Waals surface area (Å²) in [4.78, 5) is 49.1. The first-order chi connectivity index (χ1) is 14.7. The average molecular weight is 445 g/mol. The molecule has 0 aliphatic carbocycles. The molecule has 31 heavy (non-hydrogen) atoms. The molecule has 10 heteroatoms. The number of nitrogens with one attached hydrogen (secondary N) is 1. The van der Waals surface area contributed by atoms with Crippen molar-refractivity contribution in [1.82, 2.24) is 4.90 Å². The fourth-order valence-electron chi connectivity index (χ4n) is 2.84. The SMILES string of the molecule is CCCN(C(=O)CSc1ccc(C(N)=O)cc1[N+](=O)[O-])C(C)C(=O)Nc1ccccc1. The highest BCUT2D eigenvalue weighted by Crippen LogP contribution is 2.30. The van der Waals surface area contributed by atoms with Gasteiger partial charge in [0.05, 0.1) is 15.6 Å². The molecule has 9 nitrogen and oxygen atoms in total. The zero-order valence-electron chi connectivity index (χ0n) is 17.2. The molecule has 0 saturated heterocycles. The Labute approximate surface area is 184 Å². The molecule has 1 atom stereocenters. The van der Waals surface area contributed by atoms with E-state index in [1.807, 2.05) is 13.0 Å². The number of rotatable bonds is 10. The Balaban J connectivity index is 2.11. The Morgan fingerprint density at radius 2 is 1.87 bits per heavy atom. The Kier molecular flexibility index (Phi) is 8.56. The van der Waals surface area contributed by atoms with Gasteiger partial charge >= 0.3 is 0 Å².